The molecule has 1 aliphatic rings. The average Bonchev–Trinajstić information content (AvgIpc) is 3.16. The van der Waals surface area contributed by atoms with Crippen LogP contribution in [0, 0.1) is 15.9 Å². The SMILES string of the molecule is O=C(CCNc1cc(Cl)c(F)cc1[N+](=O)[O-])NC1CC1. The van der Waals surface area contributed by atoms with Gasteiger partial charge in [0.2, 0.25) is 5.91 Å². The normalized spacial score (nSPS) is 13.9. The minimum absolute atomic E-state index is 0.0978. The highest BCUT2D eigenvalue weighted by atomic mass is 35.5. The van der Waals surface area contributed by atoms with E-state index in [1.54, 1.807) is 0 Å². The number of carbonyl (C=O) groups is 1. The van der Waals surface area contributed by atoms with E-state index in [1.165, 1.54) is 0 Å². The fourth-order valence-electron chi connectivity index (χ4n) is 1.67. The van der Waals surface area contributed by atoms with Gasteiger partial charge in [-0.2, -0.15) is 0 Å². The Morgan fingerprint density at radius 2 is 2.20 bits per heavy atom. The molecule has 1 fully saturated rings. The topological polar surface area (TPSA) is 84.3 Å². The van der Waals surface area contributed by atoms with Gasteiger partial charge >= 0.3 is 0 Å². The molecule has 0 aromatic heterocycles. The van der Waals surface area contributed by atoms with Gasteiger partial charge in [0, 0.05) is 19.0 Å². The third-order valence-corrected chi connectivity index (χ3v) is 3.13. The van der Waals surface area contributed by atoms with Gasteiger partial charge in [-0.3, -0.25) is 14.9 Å². The monoisotopic (exact) mass is 301 g/mol. The number of hydrogen-bond acceptors (Lipinski definition) is 4. The maximum Gasteiger partial charge on any atom is 0.295 e. The summed E-state index contributed by atoms with van der Waals surface area (Å²) in [6.07, 6.45) is 2.18. The average molecular weight is 302 g/mol. The number of halogens is 2. The molecule has 0 heterocycles. The lowest BCUT2D eigenvalue weighted by atomic mass is 10.2. The summed E-state index contributed by atoms with van der Waals surface area (Å²) >= 11 is 5.59. The molecular weight excluding hydrogens is 289 g/mol. The number of carbonyl (C=O) groups excluding carboxylic acids is 1. The van der Waals surface area contributed by atoms with E-state index in [1.807, 2.05) is 0 Å². The van der Waals surface area contributed by atoms with Crippen molar-refractivity contribution < 1.29 is 14.1 Å². The van der Waals surface area contributed by atoms with Crippen molar-refractivity contribution in [3.63, 3.8) is 0 Å². The zero-order valence-corrected chi connectivity index (χ0v) is 11.2. The number of hydrogen-bond donors (Lipinski definition) is 2. The molecule has 2 rings (SSSR count). The molecule has 0 atom stereocenters. The van der Waals surface area contributed by atoms with Crippen molar-refractivity contribution in [2.45, 2.75) is 25.3 Å². The van der Waals surface area contributed by atoms with Crippen molar-refractivity contribution in [1.29, 1.82) is 0 Å². The number of nitro groups is 1. The van der Waals surface area contributed by atoms with Crippen molar-refractivity contribution in [2.24, 2.45) is 0 Å². The van der Waals surface area contributed by atoms with E-state index in [-0.39, 0.29) is 35.6 Å². The summed E-state index contributed by atoms with van der Waals surface area (Å²) in [6, 6.07) is 2.18. The maximum atomic E-state index is 13.2. The summed E-state index contributed by atoms with van der Waals surface area (Å²) < 4.78 is 13.2. The van der Waals surface area contributed by atoms with Gasteiger partial charge in [0.25, 0.3) is 5.69 Å². The predicted molar refractivity (Wildman–Crippen MR) is 72.3 cm³/mol. The van der Waals surface area contributed by atoms with Crippen LogP contribution in [0.4, 0.5) is 15.8 Å². The molecule has 0 aliphatic heterocycles. The first-order chi connectivity index (χ1) is 9.47. The first kappa shape index (κ1) is 14.5. The Kier molecular flexibility index (Phi) is 4.39. The van der Waals surface area contributed by atoms with Gasteiger partial charge in [0.05, 0.1) is 16.0 Å². The minimum Gasteiger partial charge on any atom is -0.379 e. The summed E-state index contributed by atoms with van der Waals surface area (Å²) in [7, 11) is 0. The Morgan fingerprint density at radius 1 is 1.50 bits per heavy atom. The molecule has 108 valence electrons. The molecule has 1 aromatic rings. The summed E-state index contributed by atoms with van der Waals surface area (Å²) in [6.45, 7) is 0.210. The predicted octanol–water partition coefficient (Wildman–Crippen LogP) is 2.47. The van der Waals surface area contributed by atoms with Crippen molar-refractivity contribution in [3.05, 3.63) is 33.1 Å². The largest absolute Gasteiger partial charge is 0.379 e. The molecule has 8 heteroatoms. The van der Waals surface area contributed by atoms with Crippen molar-refractivity contribution in [2.75, 3.05) is 11.9 Å². The van der Waals surface area contributed by atoms with Crippen LogP contribution in [0.15, 0.2) is 12.1 Å². The van der Waals surface area contributed by atoms with E-state index in [2.05, 4.69) is 10.6 Å². The maximum absolute atomic E-state index is 13.2. The van der Waals surface area contributed by atoms with Gasteiger partial charge in [0.15, 0.2) is 0 Å². The van der Waals surface area contributed by atoms with E-state index in [9.17, 15) is 19.3 Å². The molecule has 1 amide bonds. The second-order valence-electron chi connectivity index (χ2n) is 4.56. The molecule has 6 nitrogen and oxygen atoms in total. The van der Waals surface area contributed by atoms with Crippen molar-refractivity contribution in [3.8, 4) is 0 Å². The molecule has 20 heavy (non-hydrogen) atoms. The van der Waals surface area contributed by atoms with Crippen LogP contribution in [0.5, 0.6) is 0 Å². The molecular formula is C12H13ClFN3O3. The first-order valence-electron chi connectivity index (χ1n) is 6.14. The molecule has 1 aromatic carbocycles. The minimum atomic E-state index is -0.851. The summed E-state index contributed by atoms with van der Waals surface area (Å²) in [5.41, 5.74) is -0.310. The van der Waals surface area contributed by atoms with Gasteiger partial charge in [-0.15, -0.1) is 0 Å². The van der Waals surface area contributed by atoms with E-state index < -0.39 is 16.4 Å². The second kappa shape index (κ2) is 6.04. The van der Waals surface area contributed by atoms with Gasteiger partial charge in [-0.25, -0.2) is 4.39 Å². The van der Waals surface area contributed by atoms with Crippen LogP contribution in [0.25, 0.3) is 0 Å². The number of rotatable bonds is 6. The molecule has 2 N–H and O–H groups in total. The van der Waals surface area contributed by atoms with Crippen LogP contribution >= 0.6 is 11.6 Å². The number of nitro benzene ring substituents is 1. The summed E-state index contributed by atoms with van der Waals surface area (Å²) in [5, 5.41) is 16.1. The molecule has 0 saturated heterocycles. The molecule has 0 radical (unpaired) electrons. The lowest BCUT2D eigenvalue weighted by molar-refractivity contribution is -0.384. The fourth-order valence-corrected chi connectivity index (χ4v) is 1.83. The van der Waals surface area contributed by atoms with Gasteiger partial charge < -0.3 is 10.6 Å². The quantitative estimate of drug-likeness (QED) is 0.624. The highest BCUT2D eigenvalue weighted by Gasteiger charge is 2.23. The highest BCUT2D eigenvalue weighted by molar-refractivity contribution is 6.31. The standard InChI is InChI=1S/C12H13ClFN3O3/c13-8-5-10(11(17(19)20)6-9(8)14)15-4-3-12(18)16-7-1-2-7/h5-7,15H,1-4H2,(H,16,18). The van der Waals surface area contributed by atoms with Crippen LogP contribution in [-0.4, -0.2) is 23.4 Å². The Balaban J connectivity index is 1.95. The van der Waals surface area contributed by atoms with Gasteiger partial charge in [-0.1, -0.05) is 11.6 Å². The van der Waals surface area contributed by atoms with Crippen LogP contribution in [-0.2, 0) is 4.79 Å². The van der Waals surface area contributed by atoms with E-state index >= 15 is 0 Å². The lowest BCUT2D eigenvalue weighted by Gasteiger charge is -2.08. The Labute approximate surface area is 119 Å². The van der Waals surface area contributed by atoms with E-state index in [4.69, 9.17) is 11.6 Å². The molecule has 1 aliphatic carbocycles. The number of benzene rings is 1. The van der Waals surface area contributed by atoms with Crippen molar-refractivity contribution >= 4 is 28.9 Å². The third-order valence-electron chi connectivity index (χ3n) is 2.85. The van der Waals surface area contributed by atoms with E-state index in [0.717, 1.165) is 25.0 Å². The molecule has 0 unspecified atom stereocenters. The number of nitrogens with zero attached hydrogens (tertiary/aromatic N) is 1. The van der Waals surface area contributed by atoms with E-state index in [0.29, 0.717) is 0 Å². The summed E-state index contributed by atoms with van der Waals surface area (Å²) in [5.74, 6) is -0.966. The fraction of sp³-hybridized carbons (Fsp3) is 0.417. The van der Waals surface area contributed by atoms with Crippen LogP contribution in [0.3, 0.4) is 0 Å². The third kappa shape index (κ3) is 3.80. The smallest absolute Gasteiger partial charge is 0.295 e. The summed E-state index contributed by atoms with van der Waals surface area (Å²) in [4.78, 5) is 21.6. The molecule has 0 bridgehead atoms. The van der Waals surface area contributed by atoms with Crippen LogP contribution in [0.1, 0.15) is 19.3 Å². The zero-order valence-electron chi connectivity index (χ0n) is 10.5. The van der Waals surface area contributed by atoms with Gasteiger partial charge in [0.1, 0.15) is 11.5 Å². The lowest BCUT2D eigenvalue weighted by Crippen LogP contribution is -2.27. The number of nitrogens with one attached hydrogen (secondary N) is 2. The molecule has 0 spiro atoms. The Bertz CT molecular complexity index is 549. The van der Waals surface area contributed by atoms with Crippen LogP contribution in [0.2, 0.25) is 5.02 Å². The number of anilines is 1. The Hall–Kier alpha value is -1.89. The van der Waals surface area contributed by atoms with Crippen molar-refractivity contribution in [1.82, 2.24) is 5.32 Å². The Morgan fingerprint density at radius 3 is 2.80 bits per heavy atom. The van der Waals surface area contributed by atoms with Crippen LogP contribution < -0.4 is 10.6 Å². The highest BCUT2D eigenvalue weighted by Crippen LogP contribution is 2.30. The first-order valence-corrected chi connectivity index (χ1v) is 6.52. The zero-order chi connectivity index (χ0) is 14.7. The second-order valence-corrected chi connectivity index (χ2v) is 4.97. The van der Waals surface area contributed by atoms with Gasteiger partial charge in [-0.05, 0) is 18.9 Å². The number of amides is 1. The molecule has 1 saturated carbocycles.